The number of hydrogen-bond acceptors (Lipinski definition) is 0. The quantitative estimate of drug-likeness (QED) is 0.531. The molecule has 0 fully saturated rings. The number of hydrogen-bond donors (Lipinski definition) is 0. The normalized spacial score (nSPS) is 18.5. The minimum Gasteiger partial charge on any atom is -0.164 e. The number of rotatable bonds is 0. The monoisotopic (exact) mass is 207 g/mol. The summed E-state index contributed by atoms with van der Waals surface area (Å²) in [7, 11) is 0. The van der Waals surface area contributed by atoms with E-state index in [1.165, 1.54) is 0 Å². The number of halogens is 4. The summed E-state index contributed by atoms with van der Waals surface area (Å²) in [5, 5.41) is 0.0971. The van der Waals surface area contributed by atoms with E-state index in [1.54, 1.807) is 6.92 Å². The van der Waals surface area contributed by atoms with Crippen LogP contribution in [-0.2, 0) is 0 Å². The molecule has 0 bridgehead atoms. The third kappa shape index (κ3) is 2.10. The zero-order valence-corrected chi connectivity index (χ0v) is 7.63. The molecule has 0 atom stereocenters. The van der Waals surface area contributed by atoms with Crippen molar-refractivity contribution in [1.29, 1.82) is 0 Å². The lowest BCUT2D eigenvalue weighted by Gasteiger charge is -2.10. The van der Waals surface area contributed by atoms with Gasteiger partial charge in [0.1, 0.15) is 0 Å². The highest BCUT2D eigenvalue weighted by atomic mass is 35.5. The van der Waals surface area contributed by atoms with Crippen LogP contribution >= 0.6 is 11.6 Å². The van der Waals surface area contributed by atoms with E-state index in [0.717, 1.165) is 12.5 Å². The molecule has 0 aromatic rings. The molecule has 0 aromatic heterocycles. The Hall–Kier alpha value is -0.830. The largest absolute Gasteiger partial charge is 0.441 e. The van der Waals surface area contributed by atoms with Crippen LogP contribution in [0.15, 0.2) is 34.4 Å². The molecule has 0 amide bonds. The third-order valence-electron chi connectivity index (χ3n) is 1.78. The highest BCUT2D eigenvalue weighted by Gasteiger charge is 2.41. The molecular weight excluding hydrogens is 201 g/mol. The number of allylic oxidation sites excluding steroid dienone is 5. The maximum atomic E-state index is 12.2. The van der Waals surface area contributed by atoms with E-state index in [4.69, 9.17) is 11.6 Å². The van der Waals surface area contributed by atoms with Crippen molar-refractivity contribution < 1.29 is 13.2 Å². The van der Waals surface area contributed by atoms with Gasteiger partial charge in [0.2, 0.25) is 0 Å². The summed E-state index contributed by atoms with van der Waals surface area (Å²) in [6.45, 7) is 5.10. The minimum absolute atomic E-state index is 0.0971. The summed E-state index contributed by atoms with van der Waals surface area (Å²) >= 11 is 5.59. The molecule has 0 aromatic carbocycles. The van der Waals surface area contributed by atoms with Gasteiger partial charge in [-0.15, -0.1) is 0 Å². The summed E-state index contributed by atoms with van der Waals surface area (Å²) < 4.78 is 36.6. The van der Waals surface area contributed by atoms with Crippen LogP contribution < -0.4 is 0 Å². The Morgan fingerprint density at radius 3 is 2.38 bits per heavy atom. The molecule has 1 aliphatic carbocycles. The van der Waals surface area contributed by atoms with Gasteiger partial charge in [-0.3, -0.25) is 0 Å². The molecule has 1 aliphatic rings. The molecule has 0 saturated heterocycles. The lowest BCUT2D eigenvalue weighted by Crippen LogP contribution is -2.15. The molecule has 0 spiro atoms. The molecular formula is C9H7ClF3+. The smallest absolute Gasteiger partial charge is 0.164 e. The van der Waals surface area contributed by atoms with Gasteiger partial charge in [0.15, 0.2) is 10.6 Å². The van der Waals surface area contributed by atoms with Gasteiger partial charge in [-0.1, -0.05) is 18.2 Å². The summed E-state index contributed by atoms with van der Waals surface area (Å²) in [6, 6.07) is 0. The lowest BCUT2D eigenvalue weighted by molar-refractivity contribution is -0.0896. The SMILES string of the molecule is C=C1C=C(C(F)(F)F)[CH+]C(Cl)=C1C. The van der Waals surface area contributed by atoms with Crippen LogP contribution in [0, 0.1) is 6.42 Å². The topological polar surface area (TPSA) is 0 Å². The third-order valence-corrected chi connectivity index (χ3v) is 2.17. The molecule has 0 heterocycles. The summed E-state index contributed by atoms with van der Waals surface area (Å²) in [5.41, 5.74) is 0.127. The minimum atomic E-state index is -4.36. The fourth-order valence-electron chi connectivity index (χ4n) is 0.899. The van der Waals surface area contributed by atoms with E-state index < -0.39 is 11.7 Å². The van der Waals surface area contributed by atoms with Crippen LogP contribution in [-0.4, -0.2) is 6.18 Å². The highest BCUT2D eigenvalue weighted by Crippen LogP contribution is 2.37. The molecule has 13 heavy (non-hydrogen) atoms. The van der Waals surface area contributed by atoms with Crippen LogP contribution in [0.1, 0.15) is 6.92 Å². The van der Waals surface area contributed by atoms with E-state index in [9.17, 15) is 13.2 Å². The predicted octanol–water partition coefficient (Wildman–Crippen LogP) is 3.76. The first-order valence-corrected chi connectivity index (χ1v) is 3.89. The van der Waals surface area contributed by atoms with Gasteiger partial charge in [0.05, 0.1) is 23.6 Å². The average Bonchev–Trinajstić information content (AvgIpc) is 1.97. The second-order valence-corrected chi connectivity index (χ2v) is 3.15. The highest BCUT2D eigenvalue weighted by molar-refractivity contribution is 6.32. The molecule has 0 N–H and O–H groups in total. The standard InChI is InChI=1S/C9H7ClF3/c1-5-3-7(9(11,12)13)4-8(10)6(5)2/h3-4H,1H2,2H3/q+1. The zero-order valence-electron chi connectivity index (χ0n) is 6.87. The molecule has 0 saturated carbocycles. The van der Waals surface area contributed by atoms with Crippen molar-refractivity contribution in [1.82, 2.24) is 0 Å². The predicted molar refractivity (Wildman–Crippen MR) is 46.1 cm³/mol. The molecule has 0 unspecified atom stereocenters. The second kappa shape index (κ2) is 3.14. The first-order chi connectivity index (χ1) is 5.82. The molecule has 0 nitrogen and oxygen atoms in total. The zero-order chi connectivity index (χ0) is 10.2. The van der Waals surface area contributed by atoms with Crippen molar-refractivity contribution in [3.8, 4) is 0 Å². The average molecular weight is 208 g/mol. The summed E-state index contributed by atoms with van der Waals surface area (Å²) in [5.74, 6) is 0. The second-order valence-electron chi connectivity index (χ2n) is 2.74. The molecule has 0 aliphatic heterocycles. The Morgan fingerprint density at radius 1 is 1.46 bits per heavy atom. The van der Waals surface area contributed by atoms with E-state index >= 15 is 0 Å². The Balaban J connectivity index is 2.99. The van der Waals surface area contributed by atoms with Crippen molar-refractivity contribution in [3.05, 3.63) is 40.8 Å². The maximum absolute atomic E-state index is 12.2. The van der Waals surface area contributed by atoms with Gasteiger partial charge in [0, 0.05) is 6.92 Å². The fourth-order valence-corrected chi connectivity index (χ4v) is 1.14. The molecule has 70 valence electrons. The van der Waals surface area contributed by atoms with Crippen LogP contribution in [0.25, 0.3) is 0 Å². The van der Waals surface area contributed by atoms with Crippen LogP contribution in [0.3, 0.4) is 0 Å². The summed E-state index contributed by atoms with van der Waals surface area (Å²) in [4.78, 5) is 0. The van der Waals surface area contributed by atoms with Gasteiger partial charge in [0.25, 0.3) is 0 Å². The van der Waals surface area contributed by atoms with Crippen molar-refractivity contribution in [3.63, 3.8) is 0 Å². The van der Waals surface area contributed by atoms with Crippen LogP contribution in [0.2, 0.25) is 0 Å². The van der Waals surface area contributed by atoms with Gasteiger partial charge in [-0.2, -0.15) is 13.2 Å². The lowest BCUT2D eigenvalue weighted by atomic mass is 9.96. The Morgan fingerprint density at radius 2 is 2.00 bits per heavy atom. The van der Waals surface area contributed by atoms with Gasteiger partial charge in [-0.05, 0) is 0 Å². The van der Waals surface area contributed by atoms with Gasteiger partial charge < -0.3 is 0 Å². The van der Waals surface area contributed by atoms with E-state index in [2.05, 4.69) is 6.58 Å². The van der Waals surface area contributed by atoms with Crippen molar-refractivity contribution in [2.45, 2.75) is 13.1 Å². The van der Waals surface area contributed by atoms with Crippen LogP contribution in [0.4, 0.5) is 13.2 Å². The first-order valence-electron chi connectivity index (χ1n) is 3.51. The van der Waals surface area contributed by atoms with Crippen molar-refractivity contribution in [2.75, 3.05) is 0 Å². The Kier molecular flexibility index (Phi) is 2.48. The Labute approximate surface area is 79.4 Å². The maximum Gasteiger partial charge on any atom is 0.441 e. The van der Waals surface area contributed by atoms with E-state index in [0.29, 0.717) is 11.1 Å². The van der Waals surface area contributed by atoms with Crippen molar-refractivity contribution in [2.24, 2.45) is 0 Å². The van der Waals surface area contributed by atoms with E-state index in [-0.39, 0.29) is 5.03 Å². The van der Waals surface area contributed by atoms with Gasteiger partial charge in [-0.25, -0.2) is 0 Å². The first kappa shape index (κ1) is 10.3. The van der Waals surface area contributed by atoms with Crippen LogP contribution in [0.5, 0.6) is 0 Å². The molecule has 1 rings (SSSR count). The fraction of sp³-hybridized carbons (Fsp3) is 0.222. The molecule has 0 radical (unpaired) electrons. The van der Waals surface area contributed by atoms with E-state index in [1.807, 2.05) is 0 Å². The van der Waals surface area contributed by atoms with Crippen molar-refractivity contribution >= 4 is 11.6 Å². The van der Waals surface area contributed by atoms with Gasteiger partial charge >= 0.3 is 6.18 Å². The summed E-state index contributed by atoms with van der Waals surface area (Å²) in [6.07, 6.45) is -2.46. The Bertz CT molecular complexity index is 307. The number of alkyl halides is 3. The molecule has 4 heteroatoms.